The van der Waals surface area contributed by atoms with Crippen LogP contribution >= 0.6 is 0 Å². The highest BCUT2D eigenvalue weighted by Crippen LogP contribution is 2.21. The van der Waals surface area contributed by atoms with Crippen LogP contribution in [0.3, 0.4) is 0 Å². The summed E-state index contributed by atoms with van der Waals surface area (Å²) in [4.78, 5) is 12.2. The van der Waals surface area contributed by atoms with E-state index < -0.39 is 10.0 Å². The number of anilines is 1. The van der Waals surface area contributed by atoms with Crippen LogP contribution in [0.4, 0.5) is 5.69 Å². The van der Waals surface area contributed by atoms with Gasteiger partial charge in [-0.05, 0) is 49.6 Å². The highest BCUT2D eigenvalue weighted by atomic mass is 32.2. The predicted octanol–water partition coefficient (Wildman–Crippen LogP) is 3.49. The SMILES string of the molecule is Cc1ccc(NS(=O)(=O)c2cccc(C(=O)NCC(C)C)c2)c(C)c1. The molecule has 0 aromatic heterocycles. The molecule has 0 aliphatic rings. The zero-order valence-corrected chi connectivity index (χ0v) is 15.8. The van der Waals surface area contributed by atoms with Crippen LogP contribution in [0.2, 0.25) is 0 Å². The first-order chi connectivity index (χ1) is 11.7. The lowest BCUT2D eigenvalue weighted by atomic mass is 10.1. The summed E-state index contributed by atoms with van der Waals surface area (Å²) in [5.41, 5.74) is 2.75. The van der Waals surface area contributed by atoms with Gasteiger partial charge in [-0.1, -0.05) is 37.6 Å². The van der Waals surface area contributed by atoms with Crippen LogP contribution < -0.4 is 10.0 Å². The minimum absolute atomic E-state index is 0.0599. The maximum atomic E-state index is 12.6. The van der Waals surface area contributed by atoms with Gasteiger partial charge in [-0.3, -0.25) is 9.52 Å². The number of carbonyl (C=O) groups is 1. The normalized spacial score (nSPS) is 11.4. The molecule has 1 amide bonds. The monoisotopic (exact) mass is 360 g/mol. The molecule has 2 rings (SSSR count). The topological polar surface area (TPSA) is 75.3 Å². The third-order valence-corrected chi connectivity index (χ3v) is 5.07. The summed E-state index contributed by atoms with van der Waals surface area (Å²) in [6, 6.07) is 11.5. The molecule has 0 heterocycles. The van der Waals surface area contributed by atoms with Crippen molar-refractivity contribution in [2.24, 2.45) is 5.92 Å². The van der Waals surface area contributed by atoms with Crippen LogP contribution in [0.5, 0.6) is 0 Å². The van der Waals surface area contributed by atoms with Crippen LogP contribution in [0, 0.1) is 19.8 Å². The van der Waals surface area contributed by atoms with Crippen LogP contribution in [-0.4, -0.2) is 20.9 Å². The van der Waals surface area contributed by atoms with Crippen molar-refractivity contribution in [1.82, 2.24) is 5.32 Å². The van der Waals surface area contributed by atoms with Gasteiger partial charge in [0.25, 0.3) is 15.9 Å². The fourth-order valence-corrected chi connectivity index (χ4v) is 3.51. The molecule has 2 aromatic carbocycles. The second-order valence-corrected chi connectivity index (χ2v) is 8.24. The Morgan fingerprint density at radius 2 is 1.80 bits per heavy atom. The Labute approximate surface area is 149 Å². The van der Waals surface area contributed by atoms with Crippen molar-refractivity contribution < 1.29 is 13.2 Å². The first kappa shape index (κ1) is 19.0. The van der Waals surface area contributed by atoms with Crippen molar-refractivity contribution in [3.63, 3.8) is 0 Å². The summed E-state index contributed by atoms with van der Waals surface area (Å²) in [6.07, 6.45) is 0. The maximum absolute atomic E-state index is 12.6. The van der Waals surface area contributed by atoms with Crippen molar-refractivity contribution in [1.29, 1.82) is 0 Å². The van der Waals surface area contributed by atoms with Gasteiger partial charge in [0.05, 0.1) is 10.6 Å². The lowest BCUT2D eigenvalue weighted by Gasteiger charge is -2.12. The molecule has 0 fully saturated rings. The zero-order chi connectivity index (χ0) is 18.6. The van der Waals surface area contributed by atoms with Crippen LogP contribution in [0.15, 0.2) is 47.4 Å². The molecular weight excluding hydrogens is 336 g/mol. The number of amides is 1. The molecule has 0 atom stereocenters. The van der Waals surface area contributed by atoms with Crippen molar-refractivity contribution in [3.8, 4) is 0 Å². The number of nitrogens with one attached hydrogen (secondary N) is 2. The quantitative estimate of drug-likeness (QED) is 0.828. The number of hydrogen-bond acceptors (Lipinski definition) is 3. The van der Waals surface area contributed by atoms with Crippen molar-refractivity contribution in [2.45, 2.75) is 32.6 Å². The lowest BCUT2D eigenvalue weighted by Crippen LogP contribution is -2.27. The molecule has 25 heavy (non-hydrogen) atoms. The lowest BCUT2D eigenvalue weighted by molar-refractivity contribution is 0.0949. The van der Waals surface area contributed by atoms with E-state index in [-0.39, 0.29) is 10.8 Å². The molecule has 2 N–H and O–H groups in total. The summed E-state index contributed by atoms with van der Waals surface area (Å²) in [6.45, 7) is 8.33. The second kappa shape index (κ2) is 7.70. The number of hydrogen-bond donors (Lipinski definition) is 2. The third-order valence-electron chi connectivity index (χ3n) is 3.70. The van der Waals surface area contributed by atoms with Gasteiger partial charge in [0.15, 0.2) is 0 Å². The van der Waals surface area contributed by atoms with Crippen molar-refractivity contribution in [2.75, 3.05) is 11.3 Å². The Morgan fingerprint density at radius 1 is 1.08 bits per heavy atom. The number of rotatable bonds is 6. The molecule has 0 radical (unpaired) electrons. The minimum atomic E-state index is -3.77. The number of sulfonamides is 1. The predicted molar refractivity (Wildman–Crippen MR) is 100 cm³/mol. The number of benzene rings is 2. The van der Waals surface area contributed by atoms with Gasteiger partial charge < -0.3 is 5.32 Å². The van der Waals surface area contributed by atoms with E-state index in [1.54, 1.807) is 18.2 Å². The van der Waals surface area contributed by atoms with E-state index in [1.807, 2.05) is 39.8 Å². The molecule has 0 spiro atoms. The summed E-state index contributed by atoms with van der Waals surface area (Å²) in [7, 11) is -3.77. The molecule has 5 nitrogen and oxygen atoms in total. The maximum Gasteiger partial charge on any atom is 0.261 e. The van der Waals surface area contributed by atoms with Crippen LogP contribution in [-0.2, 0) is 10.0 Å². The van der Waals surface area contributed by atoms with Crippen molar-refractivity contribution in [3.05, 3.63) is 59.2 Å². The summed E-state index contributed by atoms with van der Waals surface area (Å²) < 4.78 is 27.9. The number of aryl methyl sites for hydroxylation is 2. The van der Waals surface area contributed by atoms with E-state index in [0.717, 1.165) is 11.1 Å². The van der Waals surface area contributed by atoms with Gasteiger partial charge in [-0.2, -0.15) is 0 Å². The summed E-state index contributed by atoms with van der Waals surface area (Å²) >= 11 is 0. The second-order valence-electron chi connectivity index (χ2n) is 6.56. The van der Waals surface area contributed by atoms with Crippen molar-refractivity contribution >= 4 is 21.6 Å². The fraction of sp³-hybridized carbons (Fsp3) is 0.316. The molecule has 0 saturated carbocycles. The van der Waals surface area contributed by atoms with E-state index >= 15 is 0 Å². The van der Waals surface area contributed by atoms with Gasteiger partial charge in [0.2, 0.25) is 0 Å². The van der Waals surface area contributed by atoms with E-state index in [4.69, 9.17) is 0 Å². The molecule has 0 saturated heterocycles. The average molecular weight is 360 g/mol. The molecule has 0 unspecified atom stereocenters. The number of carbonyl (C=O) groups excluding carboxylic acids is 1. The first-order valence-corrected chi connectivity index (χ1v) is 9.65. The standard InChI is InChI=1S/C19H24N2O3S/c1-13(2)12-20-19(22)16-6-5-7-17(11-16)25(23,24)21-18-9-8-14(3)10-15(18)4/h5-11,13,21H,12H2,1-4H3,(H,20,22). The molecule has 0 aliphatic carbocycles. The Balaban J connectivity index is 2.24. The Bertz CT molecular complexity index is 874. The van der Waals surface area contributed by atoms with E-state index in [9.17, 15) is 13.2 Å². The fourth-order valence-electron chi connectivity index (χ4n) is 2.34. The van der Waals surface area contributed by atoms with E-state index in [0.29, 0.717) is 23.7 Å². The molecular formula is C19H24N2O3S. The van der Waals surface area contributed by atoms with Crippen LogP contribution in [0.1, 0.15) is 35.3 Å². The highest BCUT2D eigenvalue weighted by molar-refractivity contribution is 7.92. The van der Waals surface area contributed by atoms with Gasteiger partial charge in [0, 0.05) is 12.1 Å². The average Bonchev–Trinajstić information content (AvgIpc) is 2.55. The van der Waals surface area contributed by atoms with Gasteiger partial charge in [-0.25, -0.2) is 8.42 Å². The zero-order valence-electron chi connectivity index (χ0n) is 15.0. The van der Waals surface area contributed by atoms with E-state index in [1.165, 1.54) is 12.1 Å². The first-order valence-electron chi connectivity index (χ1n) is 8.17. The van der Waals surface area contributed by atoms with E-state index in [2.05, 4.69) is 10.0 Å². The summed E-state index contributed by atoms with van der Waals surface area (Å²) in [5.74, 6) is 0.0410. The molecule has 134 valence electrons. The Hall–Kier alpha value is -2.34. The molecule has 0 bridgehead atoms. The Morgan fingerprint density at radius 3 is 2.44 bits per heavy atom. The molecule has 0 aliphatic heterocycles. The molecule has 6 heteroatoms. The Kier molecular flexibility index (Phi) is 5.85. The third kappa shape index (κ3) is 5.06. The molecule has 2 aromatic rings. The van der Waals surface area contributed by atoms with Gasteiger partial charge >= 0.3 is 0 Å². The smallest absolute Gasteiger partial charge is 0.261 e. The highest BCUT2D eigenvalue weighted by Gasteiger charge is 2.17. The minimum Gasteiger partial charge on any atom is -0.352 e. The largest absolute Gasteiger partial charge is 0.352 e. The van der Waals surface area contributed by atoms with Gasteiger partial charge in [0.1, 0.15) is 0 Å². The summed E-state index contributed by atoms with van der Waals surface area (Å²) in [5, 5.41) is 2.79. The van der Waals surface area contributed by atoms with Gasteiger partial charge in [-0.15, -0.1) is 0 Å². The van der Waals surface area contributed by atoms with Crippen LogP contribution in [0.25, 0.3) is 0 Å².